The van der Waals surface area contributed by atoms with Crippen molar-refractivity contribution in [2.75, 3.05) is 5.75 Å². The van der Waals surface area contributed by atoms with Gasteiger partial charge in [-0.25, -0.2) is 8.78 Å². The van der Waals surface area contributed by atoms with Gasteiger partial charge in [0.25, 0.3) is 0 Å². The molecule has 0 amide bonds. The molecule has 0 saturated carbocycles. The molecule has 0 bridgehead atoms. The number of hydrogen-bond donors (Lipinski definition) is 0. The molecule has 0 heterocycles. The van der Waals surface area contributed by atoms with E-state index in [2.05, 4.69) is 0 Å². The van der Waals surface area contributed by atoms with E-state index in [-0.39, 0.29) is 15.5 Å². The van der Waals surface area contributed by atoms with Crippen molar-refractivity contribution >= 4 is 39.8 Å². The summed E-state index contributed by atoms with van der Waals surface area (Å²) in [6, 6.07) is 6.90. The molecule has 21 heavy (non-hydrogen) atoms. The molecule has 0 aliphatic rings. The van der Waals surface area contributed by atoms with Gasteiger partial charge in [0.15, 0.2) is 5.78 Å². The number of benzene rings is 2. The van der Waals surface area contributed by atoms with E-state index in [9.17, 15) is 17.8 Å². The average molecular weight is 349 g/mol. The fourth-order valence-corrected chi connectivity index (χ4v) is 2.96. The lowest BCUT2D eigenvalue weighted by molar-refractivity contribution is 0.102. The zero-order valence-corrected chi connectivity index (χ0v) is 12.7. The number of carbonyl (C=O) groups excluding carboxylic acids is 1. The van der Waals surface area contributed by atoms with Crippen LogP contribution in [0.15, 0.2) is 41.3 Å². The summed E-state index contributed by atoms with van der Waals surface area (Å²) in [5.41, 5.74) is 0.222. The molecule has 0 aromatic heterocycles. The zero-order valence-electron chi connectivity index (χ0n) is 10.4. The Bertz CT molecular complexity index is 735. The first-order valence-electron chi connectivity index (χ1n) is 5.70. The molecule has 7 heteroatoms. The Labute approximate surface area is 132 Å². The van der Waals surface area contributed by atoms with E-state index in [1.807, 2.05) is 0 Å². The van der Waals surface area contributed by atoms with Crippen LogP contribution < -0.4 is 0 Å². The Hall–Kier alpha value is -1.30. The minimum atomic E-state index is -1.91. The third-order valence-corrected chi connectivity index (χ3v) is 4.73. The number of hydrogen-bond acceptors (Lipinski definition) is 2. The van der Waals surface area contributed by atoms with Crippen molar-refractivity contribution in [3.8, 4) is 0 Å². The van der Waals surface area contributed by atoms with E-state index < -0.39 is 34.0 Å². The summed E-state index contributed by atoms with van der Waals surface area (Å²) in [7, 11) is -1.91. The summed E-state index contributed by atoms with van der Waals surface area (Å²) in [4.78, 5) is 11.8. The molecule has 0 saturated heterocycles. The molecule has 1 unspecified atom stereocenters. The minimum absolute atomic E-state index is 0.196. The first-order valence-corrected chi connectivity index (χ1v) is 7.77. The van der Waals surface area contributed by atoms with Gasteiger partial charge in [-0.15, -0.1) is 0 Å². The zero-order chi connectivity index (χ0) is 15.6. The van der Waals surface area contributed by atoms with E-state index in [0.29, 0.717) is 11.1 Å². The highest BCUT2D eigenvalue weighted by Crippen LogP contribution is 2.23. The van der Waals surface area contributed by atoms with Gasteiger partial charge in [-0.3, -0.25) is 9.00 Å². The van der Waals surface area contributed by atoms with Crippen LogP contribution in [-0.4, -0.2) is 15.7 Å². The van der Waals surface area contributed by atoms with Gasteiger partial charge in [-0.05, 0) is 30.3 Å². The van der Waals surface area contributed by atoms with Crippen LogP contribution in [0.3, 0.4) is 0 Å². The highest BCUT2D eigenvalue weighted by atomic mass is 35.5. The Kier molecular flexibility index (Phi) is 5.08. The van der Waals surface area contributed by atoms with Crippen LogP contribution in [0, 0.1) is 11.6 Å². The topological polar surface area (TPSA) is 34.1 Å². The van der Waals surface area contributed by atoms with Crippen molar-refractivity contribution in [2.45, 2.75) is 4.90 Å². The van der Waals surface area contributed by atoms with Crippen LogP contribution in [0.4, 0.5) is 8.78 Å². The number of carbonyl (C=O) groups is 1. The van der Waals surface area contributed by atoms with Gasteiger partial charge in [-0.1, -0.05) is 23.2 Å². The average Bonchev–Trinajstić information content (AvgIpc) is 2.41. The maximum Gasteiger partial charge on any atom is 0.175 e. The highest BCUT2D eigenvalue weighted by Gasteiger charge is 2.16. The molecule has 2 rings (SSSR count). The Morgan fingerprint density at radius 2 is 1.76 bits per heavy atom. The maximum atomic E-state index is 13.5. The lowest BCUT2D eigenvalue weighted by Crippen LogP contribution is -2.12. The predicted molar refractivity (Wildman–Crippen MR) is 78.4 cm³/mol. The lowest BCUT2D eigenvalue weighted by atomic mass is 10.1. The van der Waals surface area contributed by atoms with Gasteiger partial charge in [0.1, 0.15) is 11.6 Å². The van der Waals surface area contributed by atoms with Crippen molar-refractivity contribution in [1.82, 2.24) is 0 Å². The predicted octanol–water partition coefficient (Wildman–Crippen LogP) is 4.26. The standard InChI is InChI=1S/C14H8Cl2F2O2S/c15-10-3-1-8(5-11(10)16)13(19)7-21(20)14-4-2-9(17)6-12(14)18/h1-6H,7H2. The molecular formula is C14H8Cl2F2O2S. The molecular weight excluding hydrogens is 341 g/mol. The van der Waals surface area contributed by atoms with E-state index in [4.69, 9.17) is 23.2 Å². The second kappa shape index (κ2) is 6.64. The molecule has 0 aliphatic carbocycles. The summed E-state index contributed by atoms with van der Waals surface area (Å²) in [5.74, 6) is -2.63. The van der Waals surface area contributed by atoms with Crippen molar-refractivity contribution in [2.24, 2.45) is 0 Å². The van der Waals surface area contributed by atoms with Gasteiger partial charge >= 0.3 is 0 Å². The summed E-state index contributed by atoms with van der Waals surface area (Å²) in [6.45, 7) is 0. The second-order valence-corrected chi connectivity index (χ2v) is 6.35. The van der Waals surface area contributed by atoms with E-state index in [1.54, 1.807) is 0 Å². The van der Waals surface area contributed by atoms with Crippen molar-refractivity contribution < 1.29 is 17.8 Å². The molecule has 2 aromatic rings. The third-order valence-electron chi connectivity index (χ3n) is 2.64. The van der Waals surface area contributed by atoms with Gasteiger partial charge in [0.2, 0.25) is 0 Å². The molecule has 2 nitrogen and oxygen atoms in total. The molecule has 1 atom stereocenters. The fourth-order valence-electron chi connectivity index (χ4n) is 1.61. The smallest absolute Gasteiger partial charge is 0.175 e. The van der Waals surface area contributed by atoms with Crippen molar-refractivity contribution in [3.05, 3.63) is 63.6 Å². The third kappa shape index (κ3) is 3.87. The maximum absolute atomic E-state index is 13.5. The molecule has 0 N–H and O–H groups in total. The quantitative estimate of drug-likeness (QED) is 0.773. The van der Waals surface area contributed by atoms with Crippen molar-refractivity contribution in [1.29, 1.82) is 0 Å². The molecule has 2 aromatic carbocycles. The number of ketones is 1. The van der Waals surface area contributed by atoms with E-state index >= 15 is 0 Å². The number of halogens is 4. The van der Waals surface area contributed by atoms with Crippen LogP contribution in [0.2, 0.25) is 10.0 Å². The number of rotatable bonds is 4. The van der Waals surface area contributed by atoms with Crippen LogP contribution in [0.1, 0.15) is 10.4 Å². The van der Waals surface area contributed by atoms with Gasteiger partial charge < -0.3 is 0 Å². The van der Waals surface area contributed by atoms with Crippen LogP contribution in [0.5, 0.6) is 0 Å². The monoisotopic (exact) mass is 348 g/mol. The summed E-state index contributed by atoms with van der Waals surface area (Å²) in [6.07, 6.45) is 0. The van der Waals surface area contributed by atoms with Gasteiger partial charge in [0.05, 0.1) is 31.5 Å². The molecule has 0 radical (unpaired) electrons. The summed E-state index contributed by atoms with van der Waals surface area (Å²) < 4.78 is 38.3. The first kappa shape index (κ1) is 16.1. The normalized spacial score (nSPS) is 12.2. The molecule has 110 valence electrons. The Morgan fingerprint density at radius 3 is 2.38 bits per heavy atom. The highest BCUT2D eigenvalue weighted by molar-refractivity contribution is 7.85. The Balaban J connectivity index is 2.18. The first-order chi connectivity index (χ1) is 9.88. The van der Waals surface area contributed by atoms with Gasteiger partial charge in [-0.2, -0.15) is 0 Å². The summed E-state index contributed by atoms with van der Waals surface area (Å²) >= 11 is 11.5. The van der Waals surface area contributed by atoms with Crippen LogP contribution in [-0.2, 0) is 10.8 Å². The number of Topliss-reactive ketones (excluding diaryl/α,β-unsaturated/α-hetero) is 1. The molecule has 0 fully saturated rings. The van der Waals surface area contributed by atoms with E-state index in [1.165, 1.54) is 18.2 Å². The van der Waals surface area contributed by atoms with E-state index in [0.717, 1.165) is 12.1 Å². The van der Waals surface area contributed by atoms with Crippen molar-refractivity contribution in [3.63, 3.8) is 0 Å². The lowest BCUT2D eigenvalue weighted by Gasteiger charge is -2.05. The van der Waals surface area contributed by atoms with Crippen LogP contribution >= 0.6 is 23.2 Å². The van der Waals surface area contributed by atoms with Crippen LogP contribution in [0.25, 0.3) is 0 Å². The largest absolute Gasteiger partial charge is 0.293 e. The fraction of sp³-hybridized carbons (Fsp3) is 0.0714. The summed E-state index contributed by atoms with van der Waals surface area (Å²) in [5, 5.41) is 0.486. The second-order valence-electron chi connectivity index (χ2n) is 4.12. The van der Waals surface area contributed by atoms with Gasteiger partial charge in [0, 0.05) is 11.6 Å². The minimum Gasteiger partial charge on any atom is -0.293 e. The molecule has 0 spiro atoms. The molecule has 0 aliphatic heterocycles. The Morgan fingerprint density at radius 1 is 1.05 bits per heavy atom. The SMILES string of the molecule is O=C(CS(=O)c1ccc(F)cc1F)c1ccc(Cl)c(Cl)c1.